The third-order valence-electron chi connectivity index (χ3n) is 5.20. The van der Waals surface area contributed by atoms with Crippen LogP contribution >= 0.6 is 0 Å². The predicted molar refractivity (Wildman–Crippen MR) is 126 cm³/mol. The lowest BCUT2D eigenvalue weighted by Crippen LogP contribution is -2.37. The SMILES string of the molecule is C=C(/C=C\CC(C)=O)c1nc(N2CCOCC2)nc2c(N(C)CCOC)cc(C(=O)O)nc12. The minimum absolute atomic E-state index is 0.0222. The van der Waals surface area contributed by atoms with E-state index in [9.17, 15) is 14.7 Å². The Morgan fingerprint density at radius 3 is 2.64 bits per heavy atom. The fourth-order valence-corrected chi connectivity index (χ4v) is 3.40. The zero-order valence-electron chi connectivity index (χ0n) is 19.2. The smallest absolute Gasteiger partial charge is 0.354 e. The number of rotatable bonds is 10. The maximum absolute atomic E-state index is 11.8. The number of carboxylic acid groups (broad SMARTS) is 1. The molecule has 0 atom stereocenters. The van der Waals surface area contributed by atoms with Gasteiger partial charge in [0.1, 0.15) is 22.5 Å². The van der Waals surface area contributed by atoms with Crippen molar-refractivity contribution in [1.29, 1.82) is 0 Å². The molecule has 0 aromatic carbocycles. The lowest BCUT2D eigenvalue weighted by Gasteiger charge is -2.28. The van der Waals surface area contributed by atoms with Crippen LogP contribution in [-0.2, 0) is 14.3 Å². The molecule has 0 aliphatic carbocycles. The van der Waals surface area contributed by atoms with Gasteiger partial charge in [0.05, 0.1) is 25.5 Å². The lowest BCUT2D eigenvalue weighted by atomic mass is 10.1. The number of carboxylic acids is 1. The minimum Gasteiger partial charge on any atom is -0.477 e. The Kier molecular flexibility index (Phi) is 8.07. The van der Waals surface area contributed by atoms with Crippen LogP contribution < -0.4 is 9.80 Å². The first-order valence-corrected chi connectivity index (χ1v) is 10.7. The number of ketones is 1. The van der Waals surface area contributed by atoms with Crippen molar-refractivity contribution < 1.29 is 24.2 Å². The zero-order chi connectivity index (χ0) is 24.0. The summed E-state index contributed by atoms with van der Waals surface area (Å²) in [6.45, 7) is 8.98. The number of allylic oxidation sites excluding steroid dienone is 3. The number of anilines is 2. The molecule has 10 heteroatoms. The van der Waals surface area contributed by atoms with Gasteiger partial charge in [0.2, 0.25) is 5.95 Å². The molecule has 33 heavy (non-hydrogen) atoms. The highest BCUT2D eigenvalue weighted by molar-refractivity contribution is 6.00. The van der Waals surface area contributed by atoms with Gasteiger partial charge in [0.15, 0.2) is 5.69 Å². The molecule has 0 amide bonds. The number of morpholine rings is 1. The molecule has 1 N–H and O–H groups in total. The highest BCUT2D eigenvalue weighted by Gasteiger charge is 2.23. The molecule has 176 valence electrons. The molecule has 1 fully saturated rings. The quantitative estimate of drug-likeness (QED) is 0.534. The number of carbonyl (C=O) groups is 2. The first kappa shape index (κ1) is 24.3. The van der Waals surface area contributed by atoms with Crippen LogP contribution in [0.4, 0.5) is 11.6 Å². The molecule has 1 saturated heterocycles. The molecule has 10 nitrogen and oxygen atoms in total. The largest absolute Gasteiger partial charge is 0.477 e. The monoisotopic (exact) mass is 455 g/mol. The molecule has 0 unspecified atom stereocenters. The van der Waals surface area contributed by atoms with Gasteiger partial charge in [-0.25, -0.2) is 19.7 Å². The van der Waals surface area contributed by atoms with Crippen molar-refractivity contribution in [2.45, 2.75) is 13.3 Å². The number of likely N-dealkylation sites (N-methyl/N-ethyl adjacent to an activating group) is 1. The summed E-state index contributed by atoms with van der Waals surface area (Å²) in [5.41, 5.74) is 2.28. The van der Waals surface area contributed by atoms with Gasteiger partial charge in [-0.1, -0.05) is 18.7 Å². The second-order valence-electron chi connectivity index (χ2n) is 7.75. The van der Waals surface area contributed by atoms with Gasteiger partial charge in [0.25, 0.3) is 0 Å². The fourth-order valence-electron chi connectivity index (χ4n) is 3.40. The Labute approximate surface area is 192 Å². The van der Waals surface area contributed by atoms with Gasteiger partial charge in [-0.15, -0.1) is 0 Å². The van der Waals surface area contributed by atoms with Crippen LogP contribution in [0.25, 0.3) is 16.6 Å². The first-order valence-electron chi connectivity index (χ1n) is 10.7. The average Bonchev–Trinajstić information content (AvgIpc) is 2.81. The molecule has 3 rings (SSSR count). The number of hydrogen-bond acceptors (Lipinski definition) is 9. The van der Waals surface area contributed by atoms with E-state index in [1.54, 1.807) is 19.3 Å². The van der Waals surface area contributed by atoms with Gasteiger partial charge in [0, 0.05) is 40.2 Å². The van der Waals surface area contributed by atoms with Crippen LogP contribution in [-0.4, -0.2) is 85.4 Å². The molecule has 0 bridgehead atoms. The van der Waals surface area contributed by atoms with E-state index in [1.165, 1.54) is 13.0 Å². The van der Waals surface area contributed by atoms with Crippen LogP contribution in [0.15, 0.2) is 24.8 Å². The molecule has 2 aromatic heterocycles. The van der Waals surface area contributed by atoms with Crippen molar-refractivity contribution in [1.82, 2.24) is 15.0 Å². The number of methoxy groups -OCH3 is 1. The number of pyridine rings is 1. The Morgan fingerprint density at radius 1 is 1.27 bits per heavy atom. The fraction of sp³-hybridized carbons (Fsp3) is 0.435. The van der Waals surface area contributed by atoms with Crippen LogP contribution in [0.1, 0.15) is 29.5 Å². The summed E-state index contributed by atoms with van der Waals surface area (Å²) in [6, 6.07) is 1.51. The second-order valence-corrected chi connectivity index (χ2v) is 7.75. The summed E-state index contributed by atoms with van der Waals surface area (Å²) >= 11 is 0. The van der Waals surface area contributed by atoms with Crippen molar-refractivity contribution in [3.63, 3.8) is 0 Å². The Hall–Kier alpha value is -3.37. The van der Waals surface area contributed by atoms with Crippen LogP contribution in [0.3, 0.4) is 0 Å². The lowest BCUT2D eigenvalue weighted by molar-refractivity contribution is -0.116. The number of aromatic carboxylic acids is 1. The van der Waals surface area contributed by atoms with E-state index in [4.69, 9.17) is 19.4 Å². The topological polar surface area (TPSA) is 118 Å². The van der Waals surface area contributed by atoms with E-state index < -0.39 is 5.97 Å². The minimum atomic E-state index is -1.15. The number of aromatic nitrogens is 3. The summed E-state index contributed by atoms with van der Waals surface area (Å²) < 4.78 is 10.6. The summed E-state index contributed by atoms with van der Waals surface area (Å²) in [7, 11) is 3.45. The third-order valence-corrected chi connectivity index (χ3v) is 5.20. The van der Waals surface area contributed by atoms with Crippen molar-refractivity contribution in [3.8, 4) is 0 Å². The van der Waals surface area contributed by atoms with Crippen molar-refractivity contribution in [3.05, 3.63) is 36.2 Å². The van der Waals surface area contributed by atoms with Crippen molar-refractivity contribution >= 4 is 40.0 Å². The van der Waals surface area contributed by atoms with Crippen LogP contribution in [0.2, 0.25) is 0 Å². The zero-order valence-corrected chi connectivity index (χ0v) is 19.2. The third kappa shape index (κ3) is 5.91. The summed E-state index contributed by atoms with van der Waals surface area (Å²) in [4.78, 5) is 40.9. The van der Waals surface area contributed by atoms with E-state index >= 15 is 0 Å². The Morgan fingerprint density at radius 2 is 2.00 bits per heavy atom. The summed E-state index contributed by atoms with van der Waals surface area (Å²) in [5.74, 6) is -0.638. The highest BCUT2D eigenvalue weighted by Crippen LogP contribution is 2.31. The van der Waals surface area contributed by atoms with Crippen LogP contribution in [0, 0.1) is 0 Å². The van der Waals surface area contributed by atoms with Gasteiger partial charge >= 0.3 is 5.97 Å². The molecule has 0 saturated carbocycles. The average molecular weight is 456 g/mol. The Balaban J connectivity index is 2.22. The number of nitrogens with zero attached hydrogens (tertiary/aromatic N) is 5. The standard InChI is InChI=1S/C23H29N5O5/c1-15(6-5-7-16(2)29)19-21-20(26-23(25-19)28-9-12-33-13-10-28)18(27(3)8-11-32-4)14-17(24-21)22(30)31/h5-6,14H,1,7-13H2,2-4H3,(H,30,31)/b6-5-. The summed E-state index contributed by atoms with van der Waals surface area (Å²) in [6.07, 6.45) is 3.67. The van der Waals surface area contributed by atoms with E-state index in [-0.39, 0.29) is 17.9 Å². The van der Waals surface area contributed by atoms with Gasteiger partial charge < -0.3 is 24.4 Å². The number of Topliss-reactive ketones (excluding diaryl/α,β-unsaturated/α-hetero) is 1. The number of carbonyl (C=O) groups excluding carboxylic acids is 1. The summed E-state index contributed by atoms with van der Waals surface area (Å²) in [5, 5.41) is 9.67. The van der Waals surface area contributed by atoms with E-state index in [1.807, 2.05) is 16.8 Å². The molecule has 1 aliphatic heterocycles. The van der Waals surface area contributed by atoms with Gasteiger partial charge in [-0.3, -0.25) is 4.79 Å². The van der Waals surface area contributed by atoms with E-state index in [0.717, 1.165) is 0 Å². The molecule has 0 spiro atoms. The first-order chi connectivity index (χ1) is 15.8. The van der Waals surface area contributed by atoms with Gasteiger partial charge in [-0.2, -0.15) is 0 Å². The molecular formula is C23H29N5O5. The molecule has 1 aliphatic rings. The Bertz CT molecular complexity index is 1080. The number of ether oxygens (including phenoxy) is 2. The maximum atomic E-state index is 11.8. The van der Waals surface area contributed by atoms with Crippen molar-refractivity contribution in [2.75, 3.05) is 63.4 Å². The predicted octanol–water partition coefficient (Wildman–Crippen LogP) is 2.19. The number of fused-ring (bicyclic) bond motifs is 1. The van der Waals surface area contributed by atoms with Crippen molar-refractivity contribution in [2.24, 2.45) is 0 Å². The normalized spacial score (nSPS) is 14.1. The van der Waals surface area contributed by atoms with E-state index in [0.29, 0.717) is 73.4 Å². The van der Waals surface area contributed by atoms with Gasteiger partial charge in [-0.05, 0) is 18.6 Å². The van der Waals surface area contributed by atoms with E-state index in [2.05, 4.69) is 11.6 Å². The van der Waals surface area contributed by atoms with Crippen LogP contribution in [0.5, 0.6) is 0 Å². The second kappa shape index (κ2) is 11.0. The molecule has 2 aromatic rings. The molecule has 0 radical (unpaired) electrons. The molecular weight excluding hydrogens is 426 g/mol. The highest BCUT2D eigenvalue weighted by atomic mass is 16.5. The number of hydrogen-bond donors (Lipinski definition) is 1. The molecule has 3 heterocycles. The maximum Gasteiger partial charge on any atom is 0.354 e.